The van der Waals surface area contributed by atoms with E-state index in [1.165, 1.54) is 42.9 Å². The molecular formula is C16H26N2S. The average Bonchev–Trinajstić information content (AvgIpc) is 2.75. The Morgan fingerprint density at radius 2 is 2.16 bits per heavy atom. The summed E-state index contributed by atoms with van der Waals surface area (Å²) in [6, 6.07) is 0. The molecule has 3 rings (SSSR count). The average molecular weight is 278 g/mol. The van der Waals surface area contributed by atoms with E-state index >= 15 is 0 Å². The lowest BCUT2D eigenvalue weighted by Gasteiger charge is -2.31. The maximum atomic E-state index is 4.69. The van der Waals surface area contributed by atoms with Crippen LogP contribution in [-0.4, -0.2) is 18.1 Å². The van der Waals surface area contributed by atoms with Crippen LogP contribution in [0.1, 0.15) is 43.8 Å². The minimum Gasteiger partial charge on any atom is -0.316 e. The number of hydrogen-bond donors (Lipinski definition) is 1. The SMILES string of the molecule is Cc1nc(CC2(CNCC(C)C)CC3CC3C2)cs1. The van der Waals surface area contributed by atoms with E-state index in [1.807, 2.05) is 0 Å². The molecule has 1 aromatic heterocycles. The first-order chi connectivity index (χ1) is 9.06. The highest BCUT2D eigenvalue weighted by Gasteiger charge is 2.53. The second-order valence-electron chi connectivity index (χ2n) is 7.22. The van der Waals surface area contributed by atoms with Gasteiger partial charge in [-0.15, -0.1) is 11.3 Å². The molecule has 1 heterocycles. The molecule has 106 valence electrons. The molecule has 2 aliphatic rings. The van der Waals surface area contributed by atoms with E-state index in [0.717, 1.165) is 24.3 Å². The van der Waals surface area contributed by atoms with Crippen LogP contribution in [0.2, 0.25) is 0 Å². The molecule has 2 fully saturated rings. The lowest BCUT2D eigenvalue weighted by Crippen LogP contribution is -2.36. The molecule has 0 spiro atoms. The Morgan fingerprint density at radius 3 is 2.74 bits per heavy atom. The molecule has 0 saturated heterocycles. The van der Waals surface area contributed by atoms with Crippen molar-refractivity contribution in [2.75, 3.05) is 13.1 Å². The van der Waals surface area contributed by atoms with Gasteiger partial charge in [0.05, 0.1) is 10.7 Å². The first-order valence-corrected chi connectivity index (χ1v) is 8.56. The summed E-state index contributed by atoms with van der Waals surface area (Å²) >= 11 is 1.80. The summed E-state index contributed by atoms with van der Waals surface area (Å²) in [5, 5.41) is 7.19. The highest BCUT2D eigenvalue weighted by Crippen LogP contribution is 2.60. The van der Waals surface area contributed by atoms with Gasteiger partial charge in [-0.2, -0.15) is 0 Å². The minimum atomic E-state index is 0.503. The number of thiazole rings is 1. The zero-order chi connectivity index (χ0) is 13.5. The second-order valence-corrected chi connectivity index (χ2v) is 8.29. The number of aryl methyl sites for hydroxylation is 1. The van der Waals surface area contributed by atoms with Crippen molar-refractivity contribution in [3.05, 3.63) is 16.1 Å². The molecule has 19 heavy (non-hydrogen) atoms. The summed E-state index contributed by atoms with van der Waals surface area (Å²) in [5.74, 6) is 2.83. The molecule has 3 heteroatoms. The maximum absolute atomic E-state index is 4.69. The van der Waals surface area contributed by atoms with Gasteiger partial charge in [0.25, 0.3) is 0 Å². The van der Waals surface area contributed by atoms with E-state index in [0.29, 0.717) is 5.41 Å². The first kappa shape index (κ1) is 13.6. The highest BCUT2D eigenvalue weighted by atomic mass is 32.1. The smallest absolute Gasteiger partial charge is 0.0897 e. The number of fused-ring (bicyclic) bond motifs is 1. The molecule has 0 aromatic carbocycles. The Morgan fingerprint density at radius 1 is 1.42 bits per heavy atom. The molecule has 1 aromatic rings. The lowest BCUT2D eigenvalue weighted by molar-refractivity contribution is 0.243. The molecule has 2 saturated carbocycles. The molecule has 2 nitrogen and oxygen atoms in total. The van der Waals surface area contributed by atoms with E-state index in [4.69, 9.17) is 4.98 Å². The Labute approximate surface area is 121 Å². The Bertz CT molecular complexity index is 428. The van der Waals surface area contributed by atoms with Gasteiger partial charge in [-0.25, -0.2) is 4.98 Å². The van der Waals surface area contributed by atoms with Gasteiger partial charge in [0.2, 0.25) is 0 Å². The van der Waals surface area contributed by atoms with Gasteiger partial charge in [-0.05, 0) is 62.3 Å². The van der Waals surface area contributed by atoms with Crippen molar-refractivity contribution < 1.29 is 0 Å². The number of nitrogens with one attached hydrogen (secondary N) is 1. The zero-order valence-electron chi connectivity index (χ0n) is 12.4. The van der Waals surface area contributed by atoms with Gasteiger partial charge in [-0.3, -0.25) is 0 Å². The van der Waals surface area contributed by atoms with Crippen LogP contribution in [0.15, 0.2) is 5.38 Å². The van der Waals surface area contributed by atoms with Gasteiger partial charge in [-0.1, -0.05) is 13.8 Å². The van der Waals surface area contributed by atoms with Crippen LogP contribution in [0.25, 0.3) is 0 Å². The molecule has 0 bridgehead atoms. The fourth-order valence-corrected chi connectivity index (χ4v) is 4.47. The van der Waals surface area contributed by atoms with E-state index in [1.54, 1.807) is 11.3 Å². The highest BCUT2D eigenvalue weighted by molar-refractivity contribution is 7.09. The van der Waals surface area contributed by atoms with E-state index in [-0.39, 0.29) is 0 Å². The van der Waals surface area contributed by atoms with Crippen molar-refractivity contribution >= 4 is 11.3 Å². The standard InChI is InChI=1S/C16H26N2S/c1-11(2)8-17-10-16(5-13-4-14(13)6-16)7-15-9-19-12(3)18-15/h9,11,13-14,17H,4-8,10H2,1-3H3. The van der Waals surface area contributed by atoms with Crippen LogP contribution in [0.5, 0.6) is 0 Å². The van der Waals surface area contributed by atoms with Gasteiger partial charge < -0.3 is 5.32 Å². The number of aromatic nitrogens is 1. The fraction of sp³-hybridized carbons (Fsp3) is 0.812. The third kappa shape index (κ3) is 3.19. The molecule has 0 amide bonds. The molecule has 2 unspecified atom stereocenters. The fourth-order valence-electron chi connectivity index (χ4n) is 3.86. The van der Waals surface area contributed by atoms with Crippen molar-refractivity contribution in [3.8, 4) is 0 Å². The summed E-state index contributed by atoms with van der Waals surface area (Å²) < 4.78 is 0. The van der Waals surface area contributed by atoms with Crippen molar-refractivity contribution in [1.82, 2.24) is 10.3 Å². The largest absolute Gasteiger partial charge is 0.316 e. The summed E-state index contributed by atoms with van der Waals surface area (Å²) in [6.45, 7) is 9.02. The number of nitrogens with zero attached hydrogens (tertiary/aromatic N) is 1. The van der Waals surface area contributed by atoms with Crippen LogP contribution < -0.4 is 5.32 Å². The van der Waals surface area contributed by atoms with Crippen LogP contribution in [0.3, 0.4) is 0 Å². The summed E-state index contributed by atoms with van der Waals surface area (Å²) in [6.07, 6.45) is 5.55. The van der Waals surface area contributed by atoms with Crippen LogP contribution in [0, 0.1) is 30.1 Å². The van der Waals surface area contributed by atoms with Crippen molar-refractivity contribution in [1.29, 1.82) is 0 Å². The minimum absolute atomic E-state index is 0.503. The number of hydrogen-bond acceptors (Lipinski definition) is 3. The van der Waals surface area contributed by atoms with Crippen LogP contribution in [0.4, 0.5) is 0 Å². The normalized spacial score (nSPS) is 32.8. The monoisotopic (exact) mass is 278 g/mol. The molecule has 2 aliphatic carbocycles. The first-order valence-electron chi connectivity index (χ1n) is 7.68. The Kier molecular flexibility index (Phi) is 3.69. The molecule has 0 radical (unpaired) electrons. The molecule has 1 N–H and O–H groups in total. The van der Waals surface area contributed by atoms with Gasteiger partial charge in [0, 0.05) is 11.9 Å². The van der Waals surface area contributed by atoms with Gasteiger partial charge >= 0.3 is 0 Å². The van der Waals surface area contributed by atoms with Gasteiger partial charge in [0.1, 0.15) is 0 Å². The van der Waals surface area contributed by atoms with Crippen molar-refractivity contribution in [3.63, 3.8) is 0 Å². The zero-order valence-corrected chi connectivity index (χ0v) is 13.2. The third-order valence-corrected chi connectivity index (χ3v) is 5.56. The van der Waals surface area contributed by atoms with Crippen LogP contribution in [-0.2, 0) is 6.42 Å². The van der Waals surface area contributed by atoms with E-state index < -0.39 is 0 Å². The molecular weight excluding hydrogens is 252 g/mol. The Hall–Kier alpha value is -0.410. The third-order valence-electron chi connectivity index (χ3n) is 4.73. The lowest BCUT2D eigenvalue weighted by atomic mass is 9.78. The van der Waals surface area contributed by atoms with Gasteiger partial charge in [0.15, 0.2) is 0 Å². The predicted molar refractivity (Wildman–Crippen MR) is 81.5 cm³/mol. The van der Waals surface area contributed by atoms with E-state index in [2.05, 4.69) is 31.5 Å². The van der Waals surface area contributed by atoms with Crippen molar-refractivity contribution in [2.45, 2.75) is 46.5 Å². The quantitative estimate of drug-likeness (QED) is 0.859. The summed E-state index contributed by atoms with van der Waals surface area (Å²) in [4.78, 5) is 4.69. The van der Waals surface area contributed by atoms with Crippen LogP contribution >= 0.6 is 11.3 Å². The Balaban J connectivity index is 1.63. The molecule has 2 atom stereocenters. The topological polar surface area (TPSA) is 24.9 Å². The number of rotatable bonds is 6. The summed E-state index contributed by atoms with van der Waals surface area (Å²) in [7, 11) is 0. The maximum Gasteiger partial charge on any atom is 0.0897 e. The van der Waals surface area contributed by atoms with Crippen molar-refractivity contribution in [2.24, 2.45) is 23.2 Å². The summed E-state index contributed by atoms with van der Waals surface area (Å²) in [5.41, 5.74) is 1.83. The molecule has 0 aliphatic heterocycles. The van der Waals surface area contributed by atoms with E-state index in [9.17, 15) is 0 Å². The second kappa shape index (κ2) is 5.17. The predicted octanol–water partition coefficient (Wildman–Crippen LogP) is 3.66.